The number of rotatable bonds is 3. The van der Waals surface area contributed by atoms with Gasteiger partial charge in [0.05, 0.1) is 5.69 Å². The SMILES string of the molecule is O=C(NNc1cccc2ccccc12)c1ccccc1. The third-order valence-electron chi connectivity index (χ3n) is 3.14. The van der Waals surface area contributed by atoms with Gasteiger partial charge in [0.1, 0.15) is 0 Å². The third kappa shape index (κ3) is 2.47. The Morgan fingerprint density at radius 3 is 2.30 bits per heavy atom. The molecule has 20 heavy (non-hydrogen) atoms. The first-order valence-corrected chi connectivity index (χ1v) is 6.44. The van der Waals surface area contributed by atoms with Crippen molar-refractivity contribution in [2.75, 3.05) is 5.43 Å². The molecule has 0 aliphatic carbocycles. The third-order valence-corrected chi connectivity index (χ3v) is 3.14. The lowest BCUT2D eigenvalue weighted by Crippen LogP contribution is -2.29. The van der Waals surface area contributed by atoms with E-state index >= 15 is 0 Å². The smallest absolute Gasteiger partial charge is 0.269 e. The van der Waals surface area contributed by atoms with Crippen LogP contribution < -0.4 is 10.9 Å². The second kappa shape index (κ2) is 5.45. The summed E-state index contributed by atoms with van der Waals surface area (Å²) in [6, 6.07) is 23.1. The Balaban J connectivity index is 1.79. The number of carbonyl (C=O) groups excluding carboxylic acids is 1. The van der Waals surface area contributed by atoms with Gasteiger partial charge in [-0.15, -0.1) is 0 Å². The molecule has 0 heterocycles. The molecule has 2 N–H and O–H groups in total. The Morgan fingerprint density at radius 1 is 0.750 bits per heavy atom. The molecular formula is C17H14N2O. The van der Waals surface area contributed by atoms with E-state index < -0.39 is 0 Å². The zero-order valence-corrected chi connectivity index (χ0v) is 10.8. The van der Waals surface area contributed by atoms with Crippen LogP contribution in [0.15, 0.2) is 72.8 Å². The molecular weight excluding hydrogens is 248 g/mol. The van der Waals surface area contributed by atoms with Gasteiger partial charge in [-0.1, -0.05) is 54.6 Å². The highest BCUT2D eigenvalue weighted by Gasteiger charge is 2.04. The fourth-order valence-electron chi connectivity index (χ4n) is 2.12. The van der Waals surface area contributed by atoms with Crippen LogP contribution in [0.25, 0.3) is 10.8 Å². The quantitative estimate of drug-likeness (QED) is 0.708. The molecule has 0 saturated carbocycles. The van der Waals surface area contributed by atoms with Crippen molar-refractivity contribution >= 4 is 22.4 Å². The average Bonchev–Trinajstić information content (AvgIpc) is 2.53. The standard InChI is InChI=1S/C17H14N2O/c20-17(14-8-2-1-3-9-14)19-18-16-12-6-10-13-7-4-5-11-15(13)16/h1-12,18H,(H,19,20). The van der Waals surface area contributed by atoms with Crippen LogP contribution in [0, 0.1) is 0 Å². The van der Waals surface area contributed by atoms with Crippen LogP contribution in [0.1, 0.15) is 10.4 Å². The van der Waals surface area contributed by atoms with Gasteiger partial charge in [0.2, 0.25) is 0 Å². The van der Waals surface area contributed by atoms with E-state index in [1.807, 2.05) is 60.7 Å². The van der Waals surface area contributed by atoms with Crippen molar-refractivity contribution in [1.82, 2.24) is 5.43 Å². The van der Waals surface area contributed by atoms with E-state index in [1.165, 1.54) is 0 Å². The summed E-state index contributed by atoms with van der Waals surface area (Å²) in [5, 5.41) is 2.20. The monoisotopic (exact) mass is 262 g/mol. The van der Waals surface area contributed by atoms with Crippen molar-refractivity contribution in [3.05, 3.63) is 78.4 Å². The summed E-state index contributed by atoms with van der Waals surface area (Å²) in [5.41, 5.74) is 7.21. The molecule has 0 aliphatic rings. The van der Waals surface area contributed by atoms with Gasteiger partial charge < -0.3 is 0 Å². The number of amides is 1. The summed E-state index contributed by atoms with van der Waals surface area (Å²) in [6.45, 7) is 0. The van der Waals surface area contributed by atoms with Gasteiger partial charge in [0.15, 0.2) is 0 Å². The molecule has 0 unspecified atom stereocenters. The molecule has 3 nitrogen and oxygen atoms in total. The Kier molecular flexibility index (Phi) is 3.33. The van der Waals surface area contributed by atoms with Crippen molar-refractivity contribution in [3.63, 3.8) is 0 Å². The molecule has 3 heteroatoms. The summed E-state index contributed by atoms with van der Waals surface area (Å²) < 4.78 is 0. The Morgan fingerprint density at radius 2 is 1.45 bits per heavy atom. The lowest BCUT2D eigenvalue weighted by molar-refractivity contribution is 0.0962. The maximum Gasteiger partial charge on any atom is 0.269 e. The number of carbonyl (C=O) groups is 1. The van der Waals surface area contributed by atoms with Gasteiger partial charge in [-0.25, -0.2) is 0 Å². The largest absolute Gasteiger partial charge is 0.298 e. The highest BCUT2D eigenvalue weighted by Crippen LogP contribution is 2.22. The van der Waals surface area contributed by atoms with E-state index in [0.717, 1.165) is 16.5 Å². The Labute approximate surface area is 117 Å². The van der Waals surface area contributed by atoms with Gasteiger partial charge in [-0.2, -0.15) is 0 Å². The summed E-state index contributed by atoms with van der Waals surface area (Å²) in [4.78, 5) is 12.0. The first kappa shape index (κ1) is 12.2. The zero-order chi connectivity index (χ0) is 13.8. The van der Waals surface area contributed by atoms with E-state index in [9.17, 15) is 4.79 Å². The number of fused-ring (bicyclic) bond motifs is 1. The maximum atomic E-state index is 12.0. The van der Waals surface area contributed by atoms with E-state index in [4.69, 9.17) is 0 Å². The van der Waals surface area contributed by atoms with Gasteiger partial charge >= 0.3 is 0 Å². The molecule has 0 fully saturated rings. The van der Waals surface area contributed by atoms with Gasteiger partial charge in [-0.3, -0.25) is 15.6 Å². The van der Waals surface area contributed by atoms with Crippen LogP contribution in [-0.4, -0.2) is 5.91 Å². The van der Waals surface area contributed by atoms with Crippen molar-refractivity contribution in [3.8, 4) is 0 Å². The maximum absolute atomic E-state index is 12.0. The van der Waals surface area contributed by atoms with Crippen molar-refractivity contribution in [2.24, 2.45) is 0 Å². The van der Waals surface area contributed by atoms with Crippen LogP contribution in [0.3, 0.4) is 0 Å². The first-order valence-electron chi connectivity index (χ1n) is 6.44. The number of nitrogens with one attached hydrogen (secondary N) is 2. The molecule has 3 aromatic carbocycles. The molecule has 98 valence electrons. The molecule has 0 spiro atoms. The molecule has 1 amide bonds. The van der Waals surface area contributed by atoms with Gasteiger partial charge in [0, 0.05) is 10.9 Å². The highest BCUT2D eigenvalue weighted by atomic mass is 16.2. The lowest BCUT2D eigenvalue weighted by Gasteiger charge is -2.11. The second-order valence-electron chi connectivity index (χ2n) is 4.47. The molecule has 0 saturated heterocycles. The normalized spacial score (nSPS) is 10.2. The van der Waals surface area contributed by atoms with Gasteiger partial charge in [0.25, 0.3) is 5.91 Å². The molecule has 0 aliphatic heterocycles. The molecule has 3 aromatic rings. The van der Waals surface area contributed by atoms with Crippen molar-refractivity contribution in [2.45, 2.75) is 0 Å². The van der Waals surface area contributed by atoms with E-state index in [-0.39, 0.29) is 5.91 Å². The van der Waals surface area contributed by atoms with Crippen molar-refractivity contribution in [1.29, 1.82) is 0 Å². The predicted molar refractivity (Wildman–Crippen MR) is 81.5 cm³/mol. The van der Waals surface area contributed by atoms with E-state index in [0.29, 0.717) is 5.56 Å². The van der Waals surface area contributed by atoms with Crippen LogP contribution in [0.5, 0.6) is 0 Å². The van der Waals surface area contributed by atoms with E-state index in [2.05, 4.69) is 10.9 Å². The fourth-order valence-corrected chi connectivity index (χ4v) is 2.12. The summed E-state index contributed by atoms with van der Waals surface area (Å²) in [5.74, 6) is -0.154. The number of hydrazine groups is 1. The minimum Gasteiger partial charge on any atom is -0.298 e. The lowest BCUT2D eigenvalue weighted by atomic mass is 10.1. The number of benzene rings is 3. The zero-order valence-electron chi connectivity index (χ0n) is 10.8. The molecule has 0 bridgehead atoms. The molecule has 0 aromatic heterocycles. The number of anilines is 1. The summed E-state index contributed by atoms with van der Waals surface area (Å²) >= 11 is 0. The van der Waals surface area contributed by atoms with Crippen LogP contribution in [0.4, 0.5) is 5.69 Å². The number of hydrogen-bond acceptors (Lipinski definition) is 2. The number of hydrogen-bond donors (Lipinski definition) is 2. The Hall–Kier alpha value is -2.81. The van der Waals surface area contributed by atoms with E-state index in [1.54, 1.807) is 12.1 Å². The highest BCUT2D eigenvalue weighted by molar-refractivity contribution is 5.97. The molecule has 0 radical (unpaired) electrons. The minimum atomic E-state index is -0.154. The van der Waals surface area contributed by atoms with Crippen LogP contribution >= 0.6 is 0 Å². The van der Waals surface area contributed by atoms with Crippen molar-refractivity contribution < 1.29 is 4.79 Å². The topological polar surface area (TPSA) is 41.1 Å². The molecule has 3 rings (SSSR count). The first-order chi connectivity index (χ1) is 9.84. The predicted octanol–water partition coefficient (Wildman–Crippen LogP) is 3.60. The van der Waals surface area contributed by atoms with Gasteiger partial charge in [-0.05, 0) is 23.6 Å². The van der Waals surface area contributed by atoms with Crippen LogP contribution in [-0.2, 0) is 0 Å². The summed E-state index contributed by atoms with van der Waals surface area (Å²) in [7, 11) is 0. The Bertz CT molecular complexity index is 733. The van der Waals surface area contributed by atoms with Crippen LogP contribution in [0.2, 0.25) is 0 Å². The summed E-state index contributed by atoms with van der Waals surface area (Å²) in [6.07, 6.45) is 0. The average molecular weight is 262 g/mol. The fraction of sp³-hybridized carbons (Fsp3) is 0. The second-order valence-corrected chi connectivity index (χ2v) is 4.47. The molecule has 0 atom stereocenters. The minimum absolute atomic E-state index is 0.154.